The quantitative estimate of drug-likeness (QED) is 0.582. The maximum Gasteiger partial charge on any atom is 0.0540 e. The van der Waals surface area contributed by atoms with E-state index in [0.717, 1.165) is 25.7 Å². The molecule has 0 aliphatic rings. The van der Waals surface area contributed by atoms with E-state index in [1.165, 1.54) is 0 Å². The summed E-state index contributed by atoms with van der Waals surface area (Å²) in [6.07, 6.45) is 3.68. The maximum absolute atomic E-state index is 9.12. The minimum Gasteiger partial charge on any atom is -0.393 e. The van der Waals surface area contributed by atoms with E-state index in [-0.39, 0.29) is 6.10 Å². The summed E-state index contributed by atoms with van der Waals surface area (Å²) in [6.45, 7) is 2.77. The fourth-order valence-electron chi connectivity index (χ4n) is 0.831. The number of rotatable bonds is 5. The van der Waals surface area contributed by atoms with E-state index in [4.69, 9.17) is 10.8 Å². The molecule has 0 saturated carbocycles. The summed E-state index contributed by atoms with van der Waals surface area (Å²) < 4.78 is 0. The van der Waals surface area contributed by atoms with Gasteiger partial charge < -0.3 is 10.8 Å². The normalized spacial score (nSPS) is 13.7. The lowest BCUT2D eigenvalue weighted by molar-refractivity contribution is 0.152. The average Bonchev–Trinajstić information content (AvgIpc) is 1.85. The highest BCUT2D eigenvalue weighted by atomic mass is 16.3. The molecule has 1 atom stereocenters. The molecular formula is C7H17NO. The first-order valence-corrected chi connectivity index (χ1v) is 3.69. The molecule has 3 N–H and O–H groups in total. The van der Waals surface area contributed by atoms with Crippen molar-refractivity contribution in [3.05, 3.63) is 0 Å². The number of hydrogen-bond acceptors (Lipinski definition) is 2. The van der Waals surface area contributed by atoms with E-state index >= 15 is 0 Å². The Morgan fingerprint density at radius 3 is 2.56 bits per heavy atom. The zero-order chi connectivity index (χ0) is 7.11. The molecule has 1 unspecified atom stereocenters. The van der Waals surface area contributed by atoms with E-state index in [1.807, 2.05) is 0 Å². The summed E-state index contributed by atoms with van der Waals surface area (Å²) in [6, 6.07) is 0. The second-order valence-corrected chi connectivity index (χ2v) is 2.37. The van der Waals surface area contributed by atoms with Crippen LogP contribution in [0.4, 0.5) is 0 Å². The van der Waals surface area contributed by atoms with Crippen molar-refractivity contribution in [2.75, 3.05) is 6.54 Å². The van der Waals surface area contributed by atoms with E-state index in [1.54, 1.807) is 0 Å². The van der Waals surface area contributed by atoms with Gasteiger partial charge in [0.2, 0.25) is 0 Å². The Labute approximate surface area is 57.1 Å². The fourth-order valence-corrected chi connectivity index (χ4v) is 0.831. The third-order valence-corrected chi connectivity index (χ3v) is 1.36. The van der Waals surface area contributed by atoms with Gasteiger partial charge in [0, 0.05) is 0 Å². The molecular weight excluding hydrogens is 114 g/mol. The van der Waals surface area contributed by atoms with Crippen LogP contribution in [0.3, 0.4) is 0 Å². The Hall–Kier alpha value is -0.0800. The minimum atomic E-state index is -0.112. The molecule has 0 rings (SSSR count). The topological polar surface area (TPSA) is 46.2 Å². The molecule has 0 radical (unpaired) electrons. The van der Waals surface area contributed by atoms with Crippen LogP contribution in [0.5, 0.6) is 0 Å². The van der Waals surface area contributed by atoms with E-state index < -0.39 is 0 Å². The van der Waals surface area contributed by atoms with Crippen LogP contribution in [0.1, 0.15) is 32.6 Å². The summed E-state index contributed by atoms with van der Waals surface area (Å²) in [5.41, 5.74) is 5.26. The van der Waals surface area contributed by atoms with Gasteiger partial charge in [-0.3, -0.25) is 0 Å². The molecule has 0 heterocycles. The summed E-state index contributed by atoms with van der Waals surface area (Å²) in [5, 5.41) is 9.12. The zero-order valence-electron chi connectivity index (χ0n) is 6.14. The van der Waals surface area contributed by atoms with Crippen LogP contribution in [0.15, 0.2) is 0 Å². The second kappa shape index (κ2) is 6.05. The molecule has 0 spiro atoms. The minimum absolute atomic E-state index is 0.112. The molecule has 0 amide bonds. The molecule has 0 bridgehead atoms. The van der Waals surface area contributed by atoms with Gasteiger partial charge in [-0.2, -0.15) is 0 Å². The number of hydrogen-bond donors (Lipinski definition) is 2. The van der Waals surface area contributed by atoms with E-state index in [9.17, 15) is 0 Å². The molecule has 0 saturated heterocycles. The monoisotopic (exact) mass is 131 g/mol. The lowest BCUT2D eigenvalue weighted by Crippen LogP contribution is -2.09. The van der Waals surface area contributed by atoms with Gasteiger partial charge >= 0.3 is 0 Å². The van der Waals surface area contributed by atoms with E-state index in [2.05, 4.69) is 6.92 Å². The summed E-state index contributed by atoms with van der Waals surface area (Å²) in [7, 11) is 0. The van der Waals surface area contributed by atoms with Crippen LogP contribution in [0, 0.1) is 0 Å². The third kappa shape index (κ3) is 5.80. The predicted molar refractivity (Wildman–Crippen MR) is 39.2 cm³/mol. The van der Waals surface area contributed by atoms with Crippen molar-refractivity contribution in [1.82, 2.24) is 0 Å². The van der Waals surface area contributed by atoms with Gasteiger partial charge in [-0.05, 0) is 25.8 Å². The Morgan fingerprint density at radius 2 is 2.11 bits per heavy atom. The maximum atomic E-state index is 9.12. The van der Waals surface area contributed by atoms with Crippen molar-refractivity contribution in [1.29, 1.82) is 0 Å². The van der Waals surface area contributed by atoms with Crippen LogP contribution in [-0.4, -0.2) is 17.8 Å². The Bertz CT molecular complexity index is 56.9. The molecule has 0 fully saturated rings. The molecule has 0 aliphatic carbocycles. The van der Waals surface area contributed by atoms with Gasteiger partial charge in [0.15, 0.2) is 0 Å². The van der Waals surface area contributed by atoms with Gasteiger partial charge in [0.05, 0.1) is 6.10 Å². The van der Waals surface area contributed by atoms with Crippen molar-refractivity contribution in [2.24, 2.45) is 5.73 Å². The number of aliphatic hydroxyl groups is 1. The first kappa shape index (κ1) is 8.92. The van der Waals surface area contributed by atoms with Crippen LogP contribution in [0.2, 0.25) is 0 Å². The summed E-state index contributed by atoms with van der Waals surface area (Å²) in [4.78, 5) is 0. The van der Waals surface area contributed by atoms with Gasteiger partial charge in [-0.25, -0.2) is 0 Å². The van der Waals surface area contributed by atoms with Crippen LogP contribution < -0.4 is 5.73 Å². The van der Waals surface area contributed by atoms with Crippen molar-refractivity contribution in [2.45, 2.75) is 38.7 Å². The highest BCUT2D eigenvalue weighted by molar-refractivity contribution is 4.53. The number of aliphatic hydroxyl groups excluding tert-OH is 1. The first-order chi connectivity index (χ1) is 4.31. The third-order valence-electron chi connectivity index (χ3n) is 1.36. The van der Waals surface area contributed by atoms with Crippen LogP contribution in [0.25, 0.3) is 0 Å². The predicted octanol–water partition coefficient (Wildman–Crippen LogP) is 0.886. The molecule has 2 nitrogen and oxygen atoms in total. The van der Waals surface area contributed by atoms with Crippen LogP contribution >= 0.6 is 0 Å². The Morgan fingerprint density at radius 1 is 1.44 bits per heavy atom. The molecule has 0 aromatic heterocycles. The lowest BCUT2D eigenvalue weighted by Gasteiger charge is -2.06. The Kier molecular flexibility index (Phi) is 5.99. The SMILES string of the molecule is CCCC(O)CCCN. The number of nitrogens with two attached hydrogens (primary N) is 1. The molecule has 0 aromatic carbocycles. The summed E-state index contributed by atoms with van der Waals surface area (Å²) in [5.74, 6) is 0. The zero-order valence-corrected chi connectivity index (χ0v) is 6.14. The molecule has 9 heavy (non-hydrogen) atoms. The lowest BCUT2D eigenvalue weighted by atomic mass is 10.1. The molecule has 56 valence electrons. The highest BCUT2D eigenvalue weighted by Crippen LogP contribution is 2.02. The molecule has 0 aliphatic heterocycles. The summed E-state index contributed by atoms with van der Waals surface area (Å²) >= 11 is 0. The second-order valence-electron chi connectivity index (χ2n) is 2.37. The largest absolute Gasteiger partial charge is 0.393 e. The van der Waals surface area contributed by atoms with Crippen molar-refractivity contribution >= 4 is 0 Å². The van der Waals surface area contributed by atoms with Gasteiger partial charge in [-0.1, -0.05) is 13.3 Å². The molecule has 0 aromatic rings. The van der Waals surface area contributed by atoms with Crippen molar-refractivity contribution in [3.8, 4) is 0 Å². The average molecular weight is 131 g/mol. The fraction of sp³-hybridized carbons (Fsp3) is 1.00. The van der Waals surface area contributed by atoms with E-state index in [0.29, 0.717) is 6.54 Å². The van der Waals surface area contributed by atoms with Crippen molar-refractivity contribution in [3.63, 3.8) is 0 Å². The standard InChI is InChI=1S/C7H17NO/c1-2-4-7(9)5-3-6-8/h7,9H,2-6,8H2,1H3. The highest BCUT2D eigenvalue weighted by Gasteiger charge is 1.99. The Balaban J connectivity index is 2.95. The van der Waals surface area contributed by atoms with Gasteiger partial charge in [0.25, 0.3) is 0 Å². The van der Waals surface area contributed by atoms with Gasteiger partial charge in [0.1, 0.15) is 0 Å². The smallest absolute Gasteiger partial charge is 0.0540 e. The van der Waals surface area contributed by atoms with Crippen LogP contribution in [-0.2, 0) is 0 Å². The van der Waals surface area contributed by atoms with Gasteiger partial charge in [-0.15, -0.1) is 0 Å². The first-order valence-electron chi connectivity index (χ1n) is 3.69. The van der Waals surface area contributed by atoms with Crippen molar-refractivity contribution < 1.29 is 5.11 Å². The molecule has 2 heteroatoms.